The van der Waals surface area contributed by atoms with Crippen molar-refractivity contribution in [3.63, 3.8) is 0 Å². The Morgan fingerprint density at radius 1 is 1.24 bits per heavy atom. The summed E-state index contributed by atoms with van der Waals surface area (Å²) in [6.45, 7) is 1.65. The van der Waals surface area contributed by atoms with Crippen LogP contribution in [0.3, 0.4) is 0 Å². The largest absolute Gasteiger partial charge is 0.522 e. The molecule has 0 saturated carbocycles. The fraction of sp³-hybridized carbons (Fsp3) is 0.900. The van der Waals surface area contributed by atoms with Crippen LogP contribution in [0.5, 0.6) is 0 Å². The quantitative estimate of drug-likeness (QED) is 0.722. The number of carbonyl (C=O) groups is 1. The Labute approximate surface area is 98.1 Å². The first kappa shape index (κ1) is 14.2. The number of hydrogen-bond donors (Lipinski definition) is 1. The van der Waals surface area contributed by atoms with Crippen molar-refractivity contribution in [2.75, 3.05) is 32.8 Å². The van der Waals surface area contributed by atoms with Gasteiger partial charge in [0.25, 0.3) is 0 Å². The number of nitrogens with zero attached hydrogens (tertiary/aromatic N) is 1. The topological polar surface area (TPSA) is 41.6 Å². The van der Waals surface area contributed by atoms with Gasteiger partial charge in [-0.15, -0.1) is 13.2 Å². The van der Waals surface area contributed by atoms with Crippen LogP contribution in [0.4, 0.5) is 13.2 Å². The number of nitrogens with one attached hydrogen (secondary N) is 1. The number of halogens is 3. The van der Waals surface area contributed by atoms with Crippen molar-refractivity contribution in [3.05, 3.63) is 0 Å². The number of amides is 1. The molecule has 1 heterocycles. The van der Waals surface area contributed by atoms with Crippen molar-refractivity contribution in [1.82, 2.24) is 10.2 Å². The first-order valence-corrected chi connectivity index (χ1v) is 5.68. The Morgan fingerprint density at radius 3 is 2.47 bits per heavy atom. The number of carbonyl (C=O) groups excluding carboxylic acids is 1. The molecule has 1 N–H and O–H groups in total. The number of rotatable bonds is 6. The molecule has 0 aromatic heterocycles. The third kappa shape index (κ3) is 6.48. The van der Waals surface area contributed by atoms with Gasteiger partial charge in [0, 0.05) is 32.6 Å². The summed E-state index contributed by atoms with van der Waals surface area (Å²) in [4.78, 5) is 13.3. The van der Waals surface area contributed by atoms with Crippen LogP contribution < -0.4 is 5.32 Å². The maximum absolute atomic E-state index is 11.6. The Bertz CT molecular complexity index is 240. The summed E-state index contributed by atoms with van der Waals surface area (Å²) in [6, 6.07) is 0. The van der Waals surface area contributed by atoms with Crippen LogP contribution in [0.15, 0.2) is 0 Å². The molecule has 1 aliphatic heterocycles. The lowest BCUT2D eigenvalue weighted by atomic mass is 10.3. The monoisotopic (exact) mass is 254 g/mol. The highest BCUT2D eigenvalue weighted by Crippen LogP contribution is 2.15. The van der Waals surface area contributed by atoms with Crippen molar-refractivity contribution in [3.8, 4) is 0 Å². The Hall–Kier alpha value is -0.820. The molecule has 0 unspecified atom stereocenters. The van der Waals surface area contributed by atoms with Crippen molar-refractivity contribution >= 4 is 5.91 Å². The first-order chi connectivity index (χ1) is 7.99. The van der Waals surface area contributed by atoms with E-state index in [1.807, 2.05) is 0 Å². The molecular formula is C10H17F3N2O2. The van der Waals surface area contributed by atoms with E-state index in [2.05, 4.69) is 10.1 Å². The van der Waals surface area contributed by atoms with Gasteiger partial charge in [-0.3, -0.25) is 9.53 Å². The zero-order valence-electron chi connectivity index (χ0n) is 9.55. The molecule has 1 aliphatic rings. The molecule has 0 aromatic carbocycles. The van der Waals surface area contributed by atoms with Gasteiger partial charge >= 0.3 is 6.36 Å². The van der Waals surface area contributed by atoms with Gasteiger partial charge in [0.15, 0.2) is 0 Å². The Balaban J connectivity index is 1.95. The van der Waals surface area contributed by atoms with Gasteiger partial charge in [-0.2, -0.15) is 0 Å². The molecular weight excluding hydrogens is 237 g/mol. The van der Waals surface area contributed by atoms with Crippen LogP contribution in [0.1, 0.15) is 19.3 Å². The zero-order valence-corrected chi connectivity index (χ0v) is 9.55. The molecule has 1 fully saturated rings. The van der Waals surface area contributed by atoms with Crippen LogP contribution in [-0.2, 0) is 9.53 Å². The third-order valence-electron chi connectivity index (χ3n) is 2.52. The summed E-state index contributed by atoms with van der Waals surface area (Å²) >= 11 is 0. The van der Waals surface area contributed by atoms with Gasteiger partial charge in [-0.05, 0) is 12.8 Å². The molecule has 1 amide bonds. The molecule has 0 bridgehead atoms. The normalized spacial score (nSPS) is 16.5. The average molecular weight is 254 g/mol. The van der Waals surface area contributed by atoms with Gasteiger partial charge < -0.3 is 10.2 Å². The lowest BCUT2D eigenvalue weighted by Gasteiger charge is -2.15. The highest BCUT2D eigenvalue weighted by molar-refractivity contribution is 5.76. The minimum Gasteiger partial charge on any atom is -0.343 e. The van der Waals surface area contributed by atoms with Crippen LogP contribution in [0, 0.1) is 0 Å². The first-order valence-electron chi connectivity index (χ1n) is 5.68. The molecule has 0 spiro atoms. The van der Waals surface area contributed by atoms with Gasteiger partial charge in [0.2, 0.25) is 5.91 Å². The minimum absolute atomic E-state index is 0.0618. The van der Waals surface area contributed by atoms with Gasteiger partial charge in [0.05, 0.1) is 6.61 Å². The second kappa shape index (κ2) is 6.80. The van der Waals surface area contributed by atoms with E-state index in [1.54, 1.807) is 4.90 Å². The average Bonchev–Trinajstić information content (AvgIpc) is 2.74. The van der Waals surface area contributed by atoms with Gasteiger partial charge in [-0.1, -0.05) is 0 Å². The molecule has 0 atom stereocenters. The number of hydrogen-bond acceptors (Lipinski definition) is 3. The van der Waals surface area contributed by atoms with Gasteiger partial charge in [-0.25, -0.2) is 0 Å². The SMILES string of the molecule is O=C(CCNCCOC(F)(F)F)N1CCCC1. The van der Waals surface area contributed by atoms with Crippen molar-refractivity contribution in [1.29, 1.82) is 0 Å². The fourth-order valence-corrected chi connectivity index (χ4v) is 1.68. The summed E-state index contributed by atoms with van der Waals surface area (Å²) in [5.74, 6) is 0.0618. The van der Waals surface area contributed by atoms with Crippen LogP contribution >= 0.6 is 0 Å². The lowest BCUT2D eigenvalue weighted by molar-refractivity contribution is -0.323. The molecule has 100 valence electrons. The minimum atomic E-state index is -4.58. The van der Waals surface area contributed by atoms with E-state index in [-0.39, 0.29) is 12.5 Å². The Kier molecular flexibility index (Phi) is 5.70. The van der Waals surface area contributed by atoms with E-state index in [0.29, 0.717) is 13.0 Å². The van der Waals surface area contributed by atoms with Crippen molar-refractivity contribution < 1.29 is 22.7 Å². The van der Waals surface area contributed by atoms with E-state index in [9.17, 15) is 18.0 Å². The van der Waals surface area contributed by atoms with Gasteiger partial charge in [0.1, 0.15) is 0 Å². The molecule has 4 nitrogen and oxygen atoms in total. The smallest absolute Gasteiger partial charge is 0.343 e. The molecule has 1 rings (SSSR count). The molecule has 0 aliphatic carbocycles. The summed E-state index contributed by atoms with van der Waals surface area (Å²) in [5, 5.41) is 2.74. The summed E-state index contributed by atoms with van der Waals surface area (Å²) in [6.07, 6.45) is -2.17. The third-order valence-corrected chi connectivity index (χ3v) is 2.52. The molecule has 17 heavy (non-hydrogen) atoms. The van der Waals surface area contributed by atoms with Crippen LogP contribution in [-0.4, -0.2) is 50.0 Å². The predicted octanol–water partition coefficient (Wildman–Crippen LogP) is 1.12. The molecule has 1 saturated heterocycles. The predicted molar refractivity (Wildman–Crippen MR) is 55.3 cm³/mol. The number of ether oxygens (including phenoxy) is 1. The van der Waals surface area contributed by atoms with E-state index in [0.717, 1.165) is 25.9 Å². The van der Waals surface area contributed by atoms with Crippen molar-refractivity contribution in [2.24, 2.45) is 0 Å². The van der Waals surface area contributed by atoms with E-state index in [4.69, 9.17) is 0 Å². The fourth-order valence-electron chi connectivity index (χ4n) is 1.68. The highest BCUT2D eigenvalue weighted by atomic mass is 19.4. The summed E-state index contributed by atoms with van der Waals surface area (Å²) < 4.78 is 38.3. The maximum Gasteiger partial charge on any atom is 0.522 e. The van der Waals surface area contributed by atoms with Crippen LogP contribution in [0.2, 0.25) is 0 Å². The lowest BCUT2D eigenvalue weighted by Crippen LogP contribution is -2.32. The number of alkyl halides is 3. The van der Waals surface area contributed by atoms with E-state index < -0.39 is 13.0 Å². The van der Waals surface area contributed by atoms with E-state index in [1.165, 1.54) is 0 Å². The summed E-state index contributed by atoms with van der Waals surface area (Å²) in [7, 11) is 0. The second-order valence-corrected chi connectivity index (χ2v) is 3.88. The van der Waals surface area contributed by atoms with Crippen molar-refractivity contribution in [2.45, 2.75) is 25.6 Å². The second-order valence-electron chi connectivity index (χ2n) is 3.88. The standard InChI is InChI=1S/C10H17F3N2O2/c11-10(12,13)17-8-5-14-4-3-9(16)15-6-1-2-7-15/h14H,1-8H2. The van der Waals surface area contributed by atoms with E-state index >= 15 is 0 Å². The maximum atomic E-state index is 11.6. The zero-order chi connectivity index (χ0) is 12.7. The molecule has 7 heteroatoms. The highest BCUT2D eigenvalue weighted by Gasteiger charge is 2.28. The Morgan fingerprint density at radius 2 is 1.88 bits per heavy atom. The molecule has 0 radical (unpaired) electrons. The molecule has 0 aromatic rings. The summed E-state index contributed by atoms with van der Waals surface area (Å²) in [5.41, 5.74) is 0. The van der Waals surface area contributed by atoms with Crippen LogP contribution in [0.25, 0.3) is 0 Å². The number of likely N-dealkylation sites (tertiary alicyclic amines) is 1.